The Morgan fingerprint density at radius 2 is 1.86 bits per heavy atom. The van der Waals surface area contributed by atoms with E-state index in [4.69, 9.17) is 5.73 Å². The van der Waals surface area contributed by atoms with Crippen molar-refractivity contribution in [1.82, 2.24) is 9.78 Å². The fourth-order valence-corrected chi connectivity index (χ4v) is 2.18. The van der Waals surface area contributed by atoms with E-state index >= 15 is 0 Å². The summed E-state index contributed by atoms with van der Waals surface area (Å²) in [6.07, 6.45) is 1.57. The molecule has 22 heavy (non-hydrogen) atoms. The molecule has 3 N–H and O–H groups in total. The number of anilines is 2. The van der Waals surface area contributed by atoms with E-state index in [9.17, 15) is 9.59 Å². The molecule has 3 rings (SSSR count). The maximum Gasteiger partial charge on any atom is 0.275 e. The summed E-state index contributed by atoms with van der Waals surface area (Å²) in [6, 6.07) is 14.1. The number of hydrogen-bond acceptors (Lipinski definition) is 4. The van der Waals surface area contributed by atoms with Crippen LogP contribution in [0.2, 0.25) is 0 Å². The van der Waals surface area contributed by atoms with Crippen molar-refractivity contribution in [2.24, 2.45) is 0 Å². The summed E-state index contributed by atoms with van der Waals surface area (Å²) in [4.78, 5) is 24.3. The summed E-state index contributed by atoms with van der Waals surface area (Å²) in [6.45, 7) is -0.169. The van der Waals surface area contributed by atoms with Gasteiger partial charge >= 0.3 is 0 Å². The topological polar surface area (TPSA) is 90.0 Å². The molecule has 0 spiro atoms. The first-order chi connectivity index (χ1) is 10.6. The number of carbonyl (C=O) groups excluding carboxylic acids is 1. The average molecular weight is 294 g/mol. The zero-order valence-corrected chi connectivity index (χ0v) is 11.7. The quantitative estimate of drug-likeness (QED) is 0.718. The minimum atomic E-state index is -0.359. The zero-order valence-electron chi connectivity index (χ0n) is 11.7. The van der Waals surface area contributed by atoms with Crippen molar-refractivity contribution < 1.29 is 4.79 Å². The van der Waals surface area contributed by atoms with Crippen LogP contribution in [-0.2, 0) is 11.3 Å². The predicted molar refractivity (Wildman–Crippen MR) is 85.5 cm³/mol. The van der Waals surface area contributed by atoms with E-state index in [1.807, 2.05) is 6.07 Å². The second-order valence-electron chi connectivity index (χ2n) is 4.83. The molecule has 0 unspecified atom stereocenters. The molecule has 6 heteroatoms. The van der Waals surface area contributed by atoms with Crippen molar-refractivity contribution in [2.45, 2.75) is 6.54 Å². The van der Waals surface area contributed by atoms with Crippen molar-refractivity contribution in [3.63, 3.8) is 0 Å². The molecular formula is C16H14N4O2. The number of aromatic nitrogens is 2. The molecule has 110 valence electrons. The number of benzene rings is 2. The van der Waals surface area contributed by atoms with Gasteiger partial charge in [0.2, 0.25) is 5.91 Å². The van der Waals surface area contributed by atoms with E-state index in [1.54, 1.807) is 48.7 Å². The van der Waals surface area contributed by atoms with Crippen LogP contribution in [0.25, 0.3) is 10.8 Å². The van der Waals surface area contributed by atoms with Crippen molar-refractivity contribution in [3.05, 3.63) is 65.1 Å². The van der Waals surface area contributed by atoms with Crippen molar-refractivity contribution in [3.8, 4) is 0 Å². The second kappa shape index (κ2) is 5.69. The largest absolute Gasteiger partial charge is 0.397 e. The third-order valence-electron chi connectivity index (χ3n) is 3.29. The number of para-hydroxylation sites is 2. The van der Waals surface area contributed by atoms with Gasteiger partial charge in [-0.2, -0.15) is 5.10 Å². The highest BCUT2D eigenvalue weighted by Crippen LogP contribution is 2.16. The molecule has 2 aromatic carbocycles. The van der Waals surface area contributed by atoms with Gasteiger partial charge in [0, 0.05) is 5.39 Å². The van der Waals surface area contributed by atoms with E-state index in [0.29, 0.717) is 16.8 Å². The van der Waals surface area contributed by atoms with E-state index < -0.39 is 0 Å². The van der Waals surface area contributed by atoms with Crippen LogP contribution < -0.4 is 16.6 Å². The molecule has 0 radical (unpaired) electrons. The zero-order chi connectivity index (χ0) is 15.5. The molecule has 0 bridgehead atoms. The lowest BCUT2D eigenvalue weighted by Crippen LogP contribution is -2.29. The molecular weight excluding hydrogens is 280 g/mol. The lowest BCUT2D eigenvalue weighted by molar-refractivity contribution is -0.117. The molecule has 0 aliphatic carbocycles. The highest BCUT2D eigenvalue weighted by molar-refractivity contribution is 5.93. The number of nitrogens with two attached hydrogens (primary N) is 1. The Bertz CT molecular complexity index is 902. The lowest BCUT2D eigenvalue weighted by Gasteiger charge is -2.09. The van der Waals surface area contributed by atoms with Crippen LogP contribution in [0.4, 0.5) is 11.4 Å². The smallest absolute Gasteiger partial charge is 0.275 e. The highest BCUT2D eigenvalue weighted by atomic mass is 16.2. The number of hydrogen-bond donors (Lipinski definition) is 2. The van der Waals surface area contributed by atoms with E-state index in [2.05, 4.69) is 10.4 Å². The molecule has 6 nitrogen and oxygen atoms in total. The van der Waals surface area contributed by atoms with Gasteiger partial charge in [-0.25, -0.2) is 4.68 Å². The lowest BCUT2D eigenvalue weighted by atomic mass is 10.2. The van der Waals surface area contributed by atoms with Crippen molar-refractivity contribution >= 4 is 28.1 Å². The van der Waals surface area contributed by atoms with Gasteiger partial charge in [-0.05, 0) is 18.2 Å². The number of fused-ring (bicyclic) bond motifs is 1. The van der Waals surface area contributed by atoms with Crippen LogP contribution in [0, 0.1) is 0 Å². The molecule has 1 amide bonds. The first-order valence-corrected chi connectivity index (χ1v) is 6.74. The molecule has 0 atom stereocenters. The van der Waals surface area contributed by atoms with Crippen LogP contribution in [0.1, 0.15) is 0 Å². The number of nitrogens with one attached hydrogen (secondary N) is 1. The van der Waals surface area contributed by atoms with Crippen LogP contribution in [-0.4, -0.2) is 15.7 Å². The molecule has 1 heterocycles. The Kier molecular flexibility index (Phi) is 3.57. The first-order valence-electron chi connectivity index (χ1n) is 6.74. The van der Waals surface area contributed by atoms with Crippen molar-refractivity contribution in [1.29, 1.82) is 0 Å². The fraction of sp³-hybridized carbons (Fsp3) is 0.0625. The number of carbonyl (C=O) groups is 1. The van der Waals surface area contributed by atoms with E-state index in [0.717, 1.165) is 10.1 Å². The SMILES string of the molecule is Nc1ccccc1NC(=O)Cn1ncc2ccccc2c1=O. The van der Waals surface area contributed by atoms with E-state index in [1.165, 1.54) is 0 Å². The molecule has 0 saturated carbocycles. The molecule has 0 aliphatic rings. The Hall–Kier alpha value is -3.15. The van der Waals surface area contributed by atoms with Crippen LogP contribution >= 0.6 is 0 Å². The van der Waals surface area contributed by atoms with Gasteiger partial charge in [0.05, 0.1) is 23.0 Å². The molecule has 3 aromatic rings. The van der Waals surface area contributed by atoms with Gasteiger partial charge in [-0.1, -0.05) is 30.3 Å². The third kappa shape index (κ3) is 2.67. The monoisotopic (exact) mass is 294 g/mol. The molecule has 0 aliphatic heterocycles. The summed E-state index contributed by atoms with van der Waals surface area (Å²) < 4.78 is 1.14. The first kappa shape index (κ1) is 13.8. The summed E-state index contributed by atoms with van der Waals surface area (Å²) in [7, 11) is 0. The Morgan fingerprint density at radius 3 is 2.68 bits per heavy atom. The van der Waals surface area contributed by atoms with Crippen LogP contribution in [0.5, 0.6) is 0 Å². The molecule has 0 saturated heterocycles. The number of nitrogens with zero attached hydrogens (tertiary/aromatic N) is 2. The number of rotatable bonds is 3. The summed E-state index contributed by atoms with van der Waals surface area (Å²) in [5.41, 5.74) is 6.45. The number of amides is 1. The maximum atomic E-state index is 12.3. The van der Waals surface area contributed by atoms with Gasteiger partial charge in [-0.15, -0.1) is 0 Å². The van der Waals surface area contributed by atoms with Gasteiger partial charge in [0.1, 0.15) is 6.54 Å². The average Bonchev–Trinajstić information content (AvgIpc) is 2.53. The van der Waals surface area contributed by atoms with Crippen molar-refractivity contribution in [2.75, 3.05) is 11.1 Å². The highest BCUT2D eigenvalue weighted by Gasteiger charge is 2.09. The van der Waals surface area contributed by atoms with E-state index in [-0.39, 0.29) is 18.0 Å². The summed E-state index contributed by atoms with van der Waals surface area (Å²) >= 11 is 0. The fourth-order valence-electron chi connectivity index (χ4n) is 2.18. The Morgan fingerprint density at radius 1 is 1.14 bits per heavy atom. The minimum Gasteiger partial charge on any atom is -0.397 e. The molecule has 1 aromatic heterocycles. The summed E-state index contributed by atoms with van der Waals surface area (Å²) in [5, 5.41) is 7.97. The van der Waals surface area contributed by atoms with Gasteiger partial charge in [0.25, 0.3) is 5.56 Å². The normalized spacial score (nSPS) is 10.5. The van der Waals surface area contributed by atoms with Gasteiger partial charge < -0.3 is 11.1 Å². The standard InChI is InChI=1S/C16H14N4O2/c17-13-7-3-4-8-14(13)19-15(21)10-20-16(22)12-6-2-1-5-11(12)9-18-20/h1-9H,10,17H2,(H,19,21). The predicted octanol–water partition coefficient (Wildman–Crippen LogP) is 1.62. The Balaban J connectivity index is 1.84. The van der Waals surface area contributed by atoms with Crippen LogP contribution in [0.15, 0.2) is 59.5 Å². The summed E-state index contributed by atoms with van der Waals surface area (Å²) in [5.74, 6) is -0.359. The van der Waals surface area contributed by atoms with Gasteiger partial charge in [-0.3, -0.25) is 9.59 Å². The van der Waals surface area contributed by atoms with Crippen LogP contribution in [0.3, 0.4) is 0 Å². The second-order valence-corrected chi connectivity index (χ2v) is 4.83. The Labute approximate surface area is 126 Å². The number of nitrogen functional groups attached to an aromatic ring is 1. The minimum absolute atomic E-state index is 0.169. The molecule has 0 fully saturated rings. The maximum absolute atomic E-state index is 12.3. The third-order valence-corrected chi connectivity index (χ3v) is 3.29. The van der Waals surface area contributed by atoms with Gasteiger partial charge in [0.15, 0.2) is 0 Å².